The van der Waals surface area contributed by atoms with Gasteiger partial charge < -0.3 is 15.0 Å². The minimum absolute atomic E-state index is 0.0124. The van der Waals surface area contributed by atoms with Gasteiger partial charge in [0.1, 0.15) is 5.75 Å². The van der Waals surface area contributed by atoms with Crippen LogP contribution in [0.2, 0.25) is 0 Å². The van der Waals surface area contributed by atoms with Crippen molar-refractivity contribution in [3.63, 3.8) is 0 Å². The Labute approximate surface area is 125 Å². The number of rotatable bonds is 7. The molecule has 106 valence electrons. The third kappa shape index (κ3) is 5.05. The van der Waals surface area contributed by atoms with E-state index < -0.39 is 0 Å². The predicted octanol–water partition coefficient (Wildman–Crippen LogP) is 2.30. The molecule has 0 aliphatic carbocycles. The summed E-state index contributed by atoms with van der Waals surface area (Å²) in [5.74, 6) is 0.750. The van der Waals surface area contributed by atoms with Crippen molar-refractivity contribution in [3.05, 3.63) is 47.0 Å². The predicted molar refractivity (Wildman–Crippen MR) is 79.6 cm³/mol. The smallest absolute Gasteiger partial charge is 0.223 e. The summed E-state index contributed by atoms with van der Waals surface area (Å²) in [4.78, 5) is 18.5. The summed E-state index contributed by atoms with van der Waals surface area (Å²) >= 11 is 3.35. The summed E-state index contributed by atoms with van der Waals surface area (Å²) in [6.07, 6.45) is 4.48. The monoisotopic (exact) mass is 337 g/mol. The Bertz CT molecular complexity index is 526. The number of aromatic amines is 1. The van der Waals surface area contributed by atoms with E-state index in [1.165, 1.54) is 0 Å². The minimum Gasteiger partial charge on any atom is -0.493 e. The maximum Gasteiger partial charge on any atom is 0.223 e. The second-order valence-corrected chi connectivity index (χ2v) is 5.14. The van der Waals surface area contributed by atoms with Crippen molar-refractivity contribution in [2.45, 2.75) is 12.8 Å². The third-order valence-corrected chi connectivity index (χ3v) is 3.21. The summed E-state index contributed by atoms with van der Waals surface area (Å²) in [5.41, 5.74) is 1.01. The third-order valence-electron chi connectivity index (χ3n) is 2.68. The number of benzene rings is 1. The normalized spacial score (nSPS) is 10.2. The second kappa shape index (κ2) is 7.69. The fourth-order valence-electron chi connectivity index (χ4n) is 1.64. The molecule has 1 amide bonds. The first kappa shape index (κ1) is 14.6. The van der Waals surface area contributed by atoms with Crippen LogP contribution in [0.25, 0.3) is 0 Å². The van der Waals surface area contributed by atoms with Gasteiger partial charge in [0.15, 0.2) is 0 Å². The molecule has 0 atom stereocenters. The number of halogens is 1. The number of H-pyrrole nitrogens is 1. The number of carbonyl (C=O) groups excluding carboxylic acids is 1. The molecule has 0 saturated heterocycles. The largest absolute Gasteiger partial charge is 0.493 e. The van der Waals surface area contributed by atoms with E-state index in [1.54, 1.807) is 12.5 Å². The molecule has 0 unspecified atom stereocenters. The highest BCUT2D eigenvalue weighted by Crippen LogP contribution is 2.16. The molecule has 20 heavy (non-hydrogen) atoms. The van der Waals surface area contributed by atoms with E-state index in [0.717, 1.165) is 22.3 Å². The van der Waals surface area contributed by atoms with E-state index in [0.29, 0.717) is 19.6 Å². The van der Waals surface area contributed by atoms with Crippen molar-refractivity contribution < 1.29 is 9.53 Å². The summed E-state index contributed by atoms with van der Waals surface area (Å²) in [5, 5.41) is 2.84. The molecule has 0 aliphatic rings. The fourth-order valence-corrected chi connectivity index (χ4v) is 1.90. The first-order chi connectivity index (χ1) is 9.74. The van der Waals surface area contributed by atoms with Crippen LogP contribution in [0.1, 0.15) is 12.1 Å². The standard InChI is InChI=1S/C14H16BrN3O2/c15-11-1-3-13(4-2-11)20-8-6-14(19)17-7-5-12-9-16-10-18-12/h1-4,9-10H,5-8H2,(H,16,18)(H,17,19). The molecular formula is C14H16BrN3O2. The summed E-state index contributed by atoms with van der Waals surface area (Å²) < 4.78 is 6.49. The first-order valence-corrected chi connectivity index (χ1v) is 7.15. The summed E-state index contributed by atoms with van der Waals surface area (Å²) in [7, 11) is 0. The number of ether oxygens (including phenoxy) is 1. The molecule has 0 saturated carbocycles. The van der Waals surface area contributed by atoms with Crippen molar-refractivity contribution in [3.8, 4) is 5.75 Å². The average molecular weight is 338 g/mol. The molecule has 2 rings (SSSR count). The van der Waals surface area contributed by atoms with Crippen molar-refractivity contribution in [2.75, 3.05) is 13.2 Å². The van der Waals surface area contributed by atoms with E-state index in [-0.39, 0.29) is 5.91 Å². The first-order valence-electron chi connectivity index (χ1n) is 6.36. The van der Waals surface area contributed by atoms with Gasteiger partial charge in [0.2, 0.25) is 5.91 Å². The van der Waals surface area contributed by atoms with Crippen LogP contribution in [0, 0.1) is 0 Å². The molecule has 1 aromatic carbocycles. The topological polar surface area (TPSA) is 67.0 Å². The van der Waals surface area contributed by atoms with Crippen LogP contribution in [-0.2, 0) is 11.2 Å². The van der Waals surface area contributed by atoms with Gasteiger partial charge in [-0.2, -0.15) is 0 Å². The van der Waals surface area contributed by atoms with Crippen molar-refractivity contribution >= 4 is 21.8 Å². The van der Waals surface area contributed by atoms with Crippen LogP contribution in [0.5, 0.6) is 5.75 Å². The Morgan fingerprint density at radius 1 is 1.35 bits per heavy atom. The highest BCUT2D eigenvalue weighted by Gasteiger charge is 2.02. The number of nitrogens with zero attached hydrogens (tertiary/aromatic N) is 1. The molecule has 5 nitrogen and oxygen atoms in total. The molecule has 0 radical (unpaired) electrons. The lowest BCUT2D eigenvalue weighted by Gasteiger charge is -2.07. The van der Waals surface area contributed by atoms with E-state index in [1.807, 2.05) is 24.3 Å². The molecule has 1 heterocycles. The Kier molecular flexibility index (Phi) is 5.61. The Morgan fingerprint density at radius 2 is 2.15 bits per heavy atom. The molecule has 2 aromatic rings. The maximum absolute atomic E-state index is 11.6. The Balaban J connectivity index is 1.59. The number of imidazole rings is 1. The number of hydrogen-bond acceptors (Lipinski definition) is 3. The second-order valence-electron chi connectivity index (χ2n) is 4.23. The quantitative estimate of drug-likeness (QED) is 0.814. The van der Waals surface area contributed by atoms with Crippen molar-refractivity contribution in [1.29, 1.82) is 0 Å². The van der Waals surface area contributed by atoms with E-state index in [2.05, 4.69) is 31.2 Å². The number of hydrogen-bond donors (Lipinski definition) is 2. The average Bonchev–Trinajstić information content (AvgIpc) is 2.94. The van der Waals surface area contributed by atoms with Gasteiger partial charge in [0.25, 0.3) is 0 Å². The molecule has 0 aliphatic heterocycles. The zero-order valence-electron chi connectivity index (χ0n) is 10.9. The lowest BCUT2D eigenvalue weighted by atomic mass is 10.3. The highest BCUT2D eigenvalue weighted by atomic mass is 79.9. The van der Waals surface area contributed by atoms with Gasteiger partial charge in [-0.15, -0.1) is 0 Å². The van der Waals surface area contributed by atoms with E-state index in [9.17, 15) is 4.79 Å². The van der Waals surface area contributed by atoms with Crippen molar-refractivity contribution in [1.82, 2.24) is 15.3 Å². The zero-order valence-corrected chi connectivity index (χ0v) is 12.5. The van der Waals surface area contributed by atoms with Gasteiger partial charge in [0.05, 0.1) is 19.4 Å². The molecule has 1 aromatic heterocycles. The lowest BCUT2D eigenvalue weighted by Crippen LogP contribution is -2.27. The van der Waals surface area contributed by atoms with Gasteiger partial charge in [-0.3, -0.25) is 4.79 Å². The van der Waals surface area contributed by atoms with Gasteiger partial charge in [0, 0.05) is 29.3 Å². The number of amides is 1. The van der Waals surface area contributed by atoms with Crippen LogP contribution in [0.3, 0.4) is 0 Å². The summed E-state index contributed by atoms with van der Waals surface area (Å²) in [6.45, 7) is 0.969. The lowest BCUT2D eigenvalue weighted by molar-refractivity contribution is -0.121. The molecule has 2 N–H and O–H groups in total. The molecule has 0 fully saturated rings. The SMILES string of the molecule is O=C(CCOc1ccc(Br)cc1)NCCc1cnc[nH]1. The highest BCUT2D eigenvalue weighted by molar-refractivity contribution is 9.10. The van der Waals surface area contributed by atoms with Crippen LogP contribution in [0.4, 0.5) is 0 Å². The van der Waals surface area contributed by atoms with Crippen molar-refractivity contribution in [2.24, 2.45) is 0 Å². The summed E-state index contributed by atoms with van der Waals surface area (Å²) in [6, 6.07) is 7.53. The van der Waals surface area contributed by atoms with E-state index in [4.69, 9.17) is 4.74 Å². The number of carbonyl (C=O) groups is 1. The van der Waals surface area contributed by atoms with Gasteiger partial charge in [-0.1, -0.05) is 15.9 Å². The molecule has 0 spiro atoms. The van der Waals surface area contributed by atoms with Gasteiger partial charge >= 0.3 is 0 Å². The van der Waals surface area contributed by atoms with Crippen LogP contribution < -0.4 is 10.1 Å². The maximum atomic E-state index is 11.6. The van der Waals surface area contributed by atoms with Crippen LogP contribution in [-0.4, -0.2) is 29.0 Å². The van der Waals surface area contributed by atoms with Crippen LogP contribution in [0.15, 0.2) is 41.3 Å². The molecule has 6 heteroatoms. The molecular weight excluding hydrogens is 322 g/mol. The Morgan fingerprint density at radius 3 is 2.85 bits per heavy atom. The van der Waals surface area contributed by atoms with Gasteiger partial charge in [-0.25, -0.2) is 4.98 Å². The molecule has 0 bridgehead atoms. The minimum atomic E-state index is -0.0124. The number of nitrogens with one attached hydrogen (secondary N) is 2. The van der Waals surface area contributed by atoms with E-state index >= 15 is 0 Å². The zero-order chi connectivity index (χ0) is 14.2. The number of aromatic nitrogens is 2. The van der Waals surface area contributed by atoms with Crippen LogP contribution >= 0.6 is 15.9 Å². The fraction of sp³-hybridized carbons (Fsp3) is 0.286. The van der Waals surface area contributed by atoms with Gasteiger partial charge in [-0.05, 0) is 24.3 Å². The Hall–Kier alpha value is -1.82.